The lowest BCUT2D eigenvalue weighted by Gasteiger charge is -2.02. The summed E-state index contributed by atoms with van der Waals surface area (Å²) < 4.78 is 15.5. The van der Waals surface area contributed by atoms with Crippen LogP contribution >= 0.6 is 27.5 Å². The van der Waals surface area contributed by atoms with E-state index in [0.717, 1.165) is 16.9 Å². The Labute approximate surface area is 100 Å². The summed E-state index contributed by atoms with van der Waals surface area (Å²) in [5, 5.41) is -0.191. The molecule has 0 spiro atoms. The average Bonchev–Trinajstić information content (AvgIpc) is 2.46. The zero-order valence-corrected chi connectivity index (χ0v) is 10.6. The maximum absolute atomic E-state index is 13.3. The van der Waals surface area contributed by atoms with Gasteiger partial charge in [0.15, 0.2) is 0 Å². The van der Waals surface area contributed by atoms with Crippen LogP contribution in [-0.2, 0) is 7.05 Å². The van der Waals surface area contributed by atoms with Gasteiger partial charge in [-0.2, -0.15) is 0 Å². The van der Waals surface area contributed by atoms with E-state index in [4.69, 9.17) is 11.6 Å². The standard InChI is InChI=1S/C10H9BrClFN2/c1-5(12)10-14-8-3-6(11)7(13)4-9(8)15(10)2/h3-5H,1-2H3. The lowest BCUT2D eigenvalue weighted by Crippen LogP contribution is -1.97. The number of imidazole rings is 1. The van der Waals surface area contributed by atoms with Gasteiger partial charge in [0.05, 0.1) is 20.9 Å². The zero-order chi connectivity index (χ0) is 11.2. The van der Waals surface area contributed by atoms with Crippen molar-refractivity contribution in [2.75, 3.05) is 0 Å². The molecule has 1 unspecified atom stereocenters. The summed E-state index contributed by atoms with van der Waals surface area (Å²) in [4.78, 5) is 4.35. The van der Waals surface area contributed by atoms with Crippen molar-refractivity contribution in [3.8, 4) is 0 Å². The Balaban J connectivity index is 2.77. The molecule has 2 rings (SSSR count). The summed E-state index contributed by atoms with van der Waals surface area (Å²) in [7, 11) is 1.83. The fourth-order valence-corrected chi connectivity index (χ4v) is 2.09. The zero-order valence-electron chi connectivity index (χ0n) is 8.26. The molecule has 1 atom stereocenters. The van der Waals surface area contributed by atoms with Gasteiger partial charge in [-0.15, -0.1) is 11.6 Å². The second-order valence-electron chi connectivity index (χ2n) is 3.40. The monoisotopic (exact) mass is 290 g/mol. The Morgan fingerprint density at radius 1 is 1.53 bits per heavy atom. The highest BCUT2D eigenvalue weighted by Gasteiger charge is 2.13. The van der Waals surface area contributed by atoms with Crippen molar-refractivity contribution < 1.29 is 4.39 Å². The number of benzene rings is 1. The van der Waals surface area contributed by atoms with Gasteiger partial charge in [0.25, 0.3) is 0 Å². The van der Waals surface area contributed by atoms with Crippen molar-refractivity contribution in [2.24, 2.45) is 7.05 Å². The lowest BCUT2D eigenvalue weighted by molar-refractivity contribution is 0.622. The summed E-state index contributed by atoms with van der Waals surface area (Å²) in [6.07, 6.45) is 0. The number of halogens is 3. The maximum atomic E-state index is 13.3. The number of rotatable bonds is 1. The van der Waals surface area contributed by atoms with Crippen molar-refractivity contribution >= 4 is 38.6 Å². The van der Waals surface area contributed by atoms with Crippen LogP contribution in [0.2, 0.25) is 0 Å². The first-order chi connectivity index (χ1) is 7.00. The molecule has 0 amide bonds. The number of nitrogens with zero attached hydrogens (tertiary/aromatic N) is 2. The summed E-state index contributed by atoms with van der Waals surface area (Å²) in [5.74, 6) is 0.448. The number of aromatic nitrogens is 2. The van der Waals surface area contributed by atoms with E-state index in [9.17, 15) is 4.39 Å². The fourth-order valence-electron chi connectivity index (χ4n) is 1.56. The van der Waals surface area contributed by atoms with E-state index in [1.54, 1.807) is 6.07 Å². The van der Waals surface area contributed by atoms with Crippen LogP contribution in [-0.4, -0.2) is 9.55 Å². The van der Waals surface area contributed by atoms with Crippen molar-refractivity contribution in [2.45, 2.75) is 12.3 Å². The Morgan fingerprint density at radius 3 is 2.80 bits per heavy atom. The van der Waals surface area contributed by atoms with E-state index in [1.807, 2.05) is 18.5 Å². The van der Waals surface area contributed by atoms with Crippen LogP contribution in [0.25, 0.3) is 11.0 Å². The molecule has 1 heterocycles. The molecule has 80 valence electrons. The first-order valence-electron chi connectivity index (χ1n) is 4.46. The maximum Gasteiger partial charge on any atom is 0.139 e. The average molecular weight is 292 g/mol. The highest BCUT2D eigenvalue weighted by atomic mass is 79.9. The first-order valence-corrected chi connectivity index (χ1v) is 5.69. The van der Waals surface area contributed by atoms with Crippen molar-refractivity contribution in [1.29, 1.82) is 0 Å². The third-order valence-electron chi connectivity index (χ3n) is 2.31. The molecule has 0 aliphatic carbocycles. The number of fused-ring (bicyclic) bond motifs is 1. The normalized spacial score (nSPS) is 13.4. The van der Waals surface area contributed by atoms with Gasteiger partial charge in [-0.05, 0) is 28.9 Å². The molecule has 1 aromatic carbocycles. The number of alkyl halides is 1. The smallest absolute Gasteiger partial charge is 0.139 e. The highest BCUT2D eigenvalue weighted by Crippen LogP contribution is 2.27. The van der Waals surface area contributed by atoms with Gasteiger partial charge >= 0.3 is 0 Å². The van der Waals surface area contributed by atoms with E-state index >= 15 is 0 Å². The minimum atomic E-state index is -0.292. The van der Waals surface area contributed by atoms with Crippen molar-refractivity contribution in [3.63, 3.8) is 0 Å². The molecule has 0 radical (unpaired) electrons. The summed E-state index contributed by atoms with van der Waals surface area (Å²) in [5.41, 5.74) is 1.49. The third kappa shape index (κ3) is 1.76. The molecule has 2 aromatic rings. The van der Waals surface area contributed by atoms with Crippen LogP contribution in [0.15, 0.2) is 16.6 Å². The second-order valence-corrected chi connectivity index (χ2v) is 4.91. The van der Waals surface area contributed by atoms with Crippen LogP contribution in [0.5, 0.6) is 0 Å². The Morgan fingerprint density at radius 2 is 2.20 bits per heavy atom. The van der Waals surface area contributed by atoms with Gasteiger partial charge in [-0.25, -0.2) is 9.37 Å². The second kappa shape index (κ2) is 3.76. The van der Waals surface area contributed by atoms with Crippen LogP contribution in [0, 0.1) is 5.82 Å². The molecule has 0 aliphatic rings. The van der Waals surface area contributed by atoms with E-state index < -0.39 is 0 Å². The molecule has 0 saturated heterocycles. The van der Waals surface area contributed by atoms with Gasteiger partial charge in [0.2, 0.25) is 0 Å². The topological polar surface area (TPSA) is 17.8 Å². The molecule has 0 saturated carbocycles. The van der Waals surface area contributed by atoms with Crippen LogP contribution in [0.4, 0.5) is 4.39 Å². The van der Waals surface area contributed by atoms with Crippen molar-refractivity contribution in [1.82, 2.24) is 9.55 Å². The predicted octanol–water partition coefficient (Wildman–Crippen LogP) is 3.77. The molecule has 0 fully saturated rings. The molecular weight excluding hydrogens is 282 g/mol. The highest BCUT2D eigenvalue weighted by molar-refractivity contribution is 9.10. The predicted molar refractivity (Wildman–Crippen MR) is 62.6 cm³/mol. The Hall–Kier alpha value is -0.610. The number of aryl methyl sites for hydroxylation is 1. The van der Waals surface area contributed by atoms with Crippen LogP contribution < -0.4 is 0 Å². The molecule has 15 heavy (non-hydrogen) atoms. The molecule has 0 N–H and O–H groups in total. The molecule has 2 nitrogen and oxygen atoms in total. The minimum Gasteiger partial charge on any atom is -0.330 e. The number of hydrogen-bond acceptors (Lipinski definition) is 1. The van der Waals surface area contributed by atoms with E-state index in [-0.39, 0.29) is 11.2 Å². The minimum absolute atomic E-state index is 0.191. The molecular formula is C10H9BrClFN2. The van der Waals surface area contributed by atoms with Gasteiger partial charge in [-0.1, -0.05) is 0 Å². The van der Waals surface area contributed by atoms with Crippen LogP contribution in [0.1, 0.15) is 18.1 Å². The molecule has 5 heteroatoms. The summed E-state index contributed by atoms with van der Waals surface area (Å²) >= 11 is 9.10. The summed E-state index contributed by atoms with van der Waals surface area (Å²) in [6.45, 7) is 1.84. The summed E-state index contributed by atoms with van der Waals surface area (Å²) in [6, 6.07) is 3.11. The van der Waals surface area contributed by atoms with Gasteiger partial charge < -0.3 is 4.57 Å². The molecule has 1 aromatic heterocycles. The molecule has 0 aliphatic heterocycles. The number of hydrogen-bond donors (Lipinski definition) is 0. The van der Waals surface area contributed by atoms with E-state index in [0.29, 0.717) is 4.47 Å². The van der Waals surface area contributed by atoms with E-state index in [2.05, 4.69) is 20.9 Å². The lowest BCUT2D eigenvalue weighted by atomic mass is 10.3. The molecule has 0 bridgehead atoms. The Kier molecular flexibility index (Phi) is 2.73. The first kappa shape index (κ1) is 10.9. The van der Waals surface area contributed by atoms with Crippen molar-refractivity contribution in [3.05, 3.63) is 28.2 Å². The van der Waals surface area contributed by atoms with E-state index in [1.165, 1.54) is 6.07 Å². The van der Waals surface area contributed by atoms with Gasteiger partial charge in [0.1, 0.15) is 11.6 Å². The quantitative estimate of drug-likeness (QED) is 0.731. The SMILES string of the molecule is CC(Cl)c1nc2cc(Br)c(F)cc2n1C. The van der Waals surface area contributed by atoms with Crippen LogP contribution in [0.3, 0.4) is 0 Å². The third-order valence-corrected chi connectivity index (χ3v) is 3.12. The fraction of sp³-hybridized carbons (Fsp3) is 0.300. The largest absolute Gasteiger partial charge is 0.330 e. The Bertz CT molecular complexity index is 522. The van der Waals surface area contributed by atoms with Gasteiger partial charge in [0, 0.05) is 13.1 Å². The van der Waals surface area contributed by atoms with Gasteiger partial charge in [-0.3, -0.25) is 0 Å².